The number of hydrogen-bond donors (Lipinski definition) is 2. The lowest BCUT2D eigenvalue weighted by Crippen LogP contribution is -2.36. The third kappa shape index (κ3) is 5.56. The highest BCUT2D eigenvalue weighted by atomic mass is 32.1. The molecule has 0 aliphatic heterocycles. The second kappa shape index (κ2) is 7.58. The molecule has 1 rings (SSSR count). The molecule has 0 heterocycles. The average Bonchev–Trinajstić information content (AvgIpc) is 2.37. The van der Waals surface area contributed by atoms with Crippen molar-refractivity contribution in [1.29, 1.82) is 0 Å². The molecule has 5 nitrogen and oxygen atoms in total. The van der Waals surface area contributed by atoms with Crippen molar-refractivity contribution in [3.8, 4) is 11.5 Å². The maximum absolute atomic E-state index is 5.18. The molecule has 0 aromatic heterocycles. The average molecular weight is 281 g/mol. The first kappa shape index (κ1) is 15.2. The molecule has 2 N–H and O–H groups in total. The summed E-state index contributed by atoms with van der Waals surface area (Å²) < 4.78 is 10.4. The third-order valence-corrected chi connectivity index (χ3v) is 2.38. The Balaban J connectivity index is 2.68. The lowest BCUT2D eigenvalue weighted by atomic mass is 10.2. The summed E-state index contributed by atoms with van der Waals surface area (Å²) in [5.41, 5.74) is 3.60. The summed E-state index contributed by atoms with van der Waals surface area (Å²) in [6.07, 6.45) is 1.65. The van der Waals surface area contributed by atoms with Gasteiger partial charge in [0.15, 0.2) is 5.11 Å². The predicted octanol–water partition coefficient (Wildman–Crippen LogP) is 1.91. The van der Waals surface area contributed by atoms with Gasteiger partial charge in [-0.2, -0.15) is 5.10 Å². The van der Waals surface area contributed by atoms with Crippen LogP contribution in [0.2, 0.25) is 0 Å². The molecule has 1 aromatic carbocycles. The monoisotopic (exact) mass is 281 g/mol. The molecule has 0 radical (unpaired) electrons. The Labute approximate surface area is 119 Å². The fourth-order valence-electron chi connectivity index (χ4n) is 1.36. The zero-order valence-electron chi connectivity index (χ0n) is 11.6. The zero-order valence-corrected chi connectivity index (χ0v) is 12.4. The molecular weight excluding hydrogens is 262 g/mol. The largest absolute Gasteiger partial charge is 0.497 e. The van der Waals surface area contributed by atoms with Crippen LogP contribution < -0.4 is 20.2 Å². The maximum atomic E-state index is 5.18. The van der Waals surface area contributed by atoms with Gasteiger partial charge in [-0.3, -0.25) is 5.43 Å². The first-order chi connectivity index (χ1) is 9.05. The molecule has 0 spiro atoms. The van der Waals surface area contributed by atoms with E-state index in [9.17, 15) is 0 Å². The van der Waals surface area contributed by atoms with E-state index in [0.29, 0.717) is 16.6 Å². The molecule has 19 heavy (non-hydrogen) atoms. The van der Waals surface area contributed by atoms with Crippen molar-refractivity contribution < 1.29 is 9.47 Å². The van der Waals surface area contributed by atoms with Crippen LogP contribution in [0.15, 0.2) is 23.3 Å². The Morgan fingerprint density at radius 2 is 1.79 bits per heavy atom. The highest BCUT2D eigenvalue weighted by molar-refractivity contribution is 7.80. The quantitative estimate of drug-likeness (QED) is 0.490. The molecule has 0 saturated heterocycles. The molecule has 0 atom stereocenters. The number of hydrazone groups is 1. The van der Waals surface area contributed by atoms with Crippen LogP contribution in [0.5, 0.6) is 11.5 Å². The lowest BCUT2D eigenvalue weighted by molar-refractivity contribution is 0.394. The van der Waals surface area contributed by atoms with Gasteiger partial charge in [-0.1, -0.05) is 0 Å². The Morgan fingerprint density at radius 1 is 1.21 bits per heavy atom. The van der Waals surface area contributed by atoms with Gasteiger partial charge in [-0.25, -0.2) is 0 Å². The molecule has 104 valence electrons. The number of nitrogens with one attached hydrogen (secondary N) is 2. The SMILES string of the molecule is COc1cc(/C=N\NC(=S)NC(C)C)cc(OC)c1. The van der Waals surface area contributed by atoms with Crippen molar-refractivity contribution in [2.45, 2.75) is 19.9 Å². The van der Waals surface area contributed by atoms with E-state index in [-0.39, 0.29) is 6.04 Å². The summed E-state index contributed by atoms with van der Waals surface area (Å²) >= 11 is 5.06. The first-order valence-electron chi connectivity index (χ1n) is 5.87. The molecule has 1 aromatic rings. The number of ether oxygens (including phenoxy) is 2. The molecular formula is C13H19N3O2S. The van der Waals surface area contributed by atoms with Gasteiger partial charge in [0.2, 0.25) is 0 Å². The second-order valence-corrected chi connectivity index (χ2v) is 4.55. The molecule has 0 fully saturated rings. The van der Waals surface area contributed by atoms with Gasteiger partial charge in [0.25, 0.3) is 0 Å². The van der Waals surface area contributed by atoms with Crippen LogP contribution in [0.1, 0.15) is 19.4 Å². The van der Waals surface area contributed by atoms with Crippen LogP contribution in [-0.2, 0) is 0 Å². The van der Waals surface area contributed by atoms with Gasteiger partial charge in [-0.15, -0.1) is 0 Å². The van der Waals surface area contributed by atoms with E-state index in [1.54, 1.807) is 26.5 Å². The third-order valence-electron chi connectivity index (χ3n) is 2.17. The minimum atomic E-state index is 0.270. The number of nitrogens with zero attached hydrogens (tertiary/aromatic N) is 1. The Hall–Kier alpha value is -1.82. The van der Waals surface area contributed by atoms with Crippen LogP contribution in [-0.4, -0.2) is 31.6 Å². The van der Waals surface area contributed by atoms with E-state index in [0.717, 1.165) is 5.56 Å². The molecule has 0 bridgehead atoms. The fourth-order valence-corrected chi connectivity index (χ4v) is 1.65. The predicted molar refractivity (Wildman–Crippen MR) is 81.1 cm³/mol. The van der Waals surface area contributed by atoms with Crippen molar-refractivity contribution in [1.82, 2.24) is 10.7 Å². The van der Waals surface area contributed by atoms with E-state index < -0.39 is 0 Å². The second-order valence-electron chi connectivity index (χ2n) is 4.14. The van der Waals surface area contributed by atoms with Gasteiger partial charge >= 0.3 is 0 Å². The molecule has 0 saturated carbocycles. The van der Waals surface area contributed by atoms with Crippen LogP contribution in [0.25, 0.3) is 0 Å². The smallest absolute Gasteiger partial charge is 0.187 e. The molecule has 0 aliphatic rings. The van der Waals surface area contributed by atoms with Gasteiger partial charge in [0, 0.05) is 17.7 Å². The number of benzene rings is 1. The molecule has 0 amide bonds. The van der Waals surface area contributed by atoms with Crippen molar-refractivity contribution in [3.05, 3.63) is 23.8 Å². The van der Waals surface area contributed by atoms with E-state index in [2.05, 4.69) is 15.8 Å². The number of thiocarbonyl (C=S) groups is 1. The first-order valence-corrected chi connectivity index (χ1v) is 6.28. The standard InChI is InChI=1S/C13H19N3O2S/c1-9(2)15-13(19)16-14-8-10-5-11(17-3)7-12(6-10)18-4/h5-9H,1-4H3,(H2,15,16,19)/b14-8-. The molecule has 6 heteroatoms. The minimum Gasteiger partial charge on any atom is -0.497 e. The topological polar surface area (TPSA) is 54.9 Å². The van der Waals surface area contributed by atoms with Gasteiger partial charge < -0.3 is 14.8 Å². The minimum absolute atomic E-state index is 0.270. The summed E-state index contributed by atoms with van der Waals surface area (Å²) in [5.74, 6) is 1.42. The zero-order chi connectivity index (χ0) is 14.3. The summed E-state index contributed by atoms with van der Waals surface area (Å²) in [4.78, 5) is 0. The van der Waals surface area contributed by atoms with E-state index in [1.807, 2.05) is 26.0 Å². The number of rotatable bonds is 5. The van der Waals surface area contributed by atoms with Crippen LogP contribution in [0.3, 0.4) is 0 Å². The van der Waals surface area contributed by atoms with Crippen molar-refractivity contribution in [2.75, 3.05) is 14.2 Å². The van der Waals surface area contributed by atoms with Gasteiger partial charge in [0.05, 0.1) is 20.4 Å². The van der Waals surface area contributed by atoms with E-state index in [1.165, 1.54) is 0 Å². The fraction of sp³-hybridized carbons (Fsp3) is 0.385. The highest BCUT2D eigenvalue weighted by Gasteiger charge is 2.00. The molecule has 0 aliphatic carbocycles. The Bertz CT molecular complexity index is 439. The Kier molecular flexibility index (Phi) is 6.08. The van der Waals surface area contributed by atoms with Crippen LogP contribution in [0, 0.1) is 0 Å². The van der Waals surface area contributed by atoms with Gasteiger partial charge in [0.1, 0.15) is 11.5 Å². The van der Waals surface area contributed by atoms with Crippen LogP contribution >= 0.6 is 12.2 Å². The summed E-state index contributed by atoms with van der Waals surface area (Å²) in [6.45, 7) is 4.01. The highest BCUT2D eigenvalue weighted by Crippen LogP contribution is 2.21. The Morgan fingerprint density at radius 3 is 2.26 bits per heavy atom. The van der Waals surface area contributed by atoms with Crippen molar-refractivity contribution in [2.24, 2.45) is 5.10 Å². The number of methoxy groups -OCH3 is 2. The van der Waals surface area contributed by atoms with Gasteiger partial charge in [-0.05, 0) is 38.2 Å². The summed E-state index contributed by atoms with van der Waals surface area (Å²) in [6, 6.07) is 5.78. The van der Waals surface area contributed by atoms with Crippen molar-refractivity contribution >= 4 is 23.5 Å². The van der Waals surface area contributed by atoms with E-state index in [4.69, 9.17) is 21.7 Å². The summed E-state index contributed by atoms with van der Waals surface area (Å²) in [7, 11) is 3.21. The summed E-state index contributed by atoms with van der Waals surface area (Å²) in [5, 5.41) is 7.57. The van der Waals surface area contributed by atoms with Crippen LogP contribution in [0.4, 0.5) is 0 Å². The number of hydrogen-bond acceptors (Lipinski definition) is 4. The maximum Gasteiger partial charge on any atom is 0.187 e. The normalized spacial score (nSPS) is 10.6. The molecule has 0 unspecified atom stereocenters. The van der Waals surface area contributed by atoms with Crippen molar-refractivity contribution in [3.63, 3.8) is 0 Å². The van der Waals surface area contributed by atoms with E-state index >= 15 is 0 Å². The lowest BCUT2D eigenvalue weighted by Gasteiger charge is -2.09.